The highest BCUT2D eigenvalue weighted by molar-refractivity contribution is 6.07. The van der Waals surface area contributed by atoms with Gasteiger partial charge in [-0.25, -0.2) is 4.98 Å². The van der Waals surface area contributed by atoms with Crippen LogP contribution >= 0.6 is 0 Å². The highest BCUT2D eigenvalue weighted by Crippen LogP contribution is 2.34. The maximum absolute atomic E-state index is 9.75. The summed E-state index contributed by atoms with van der Waals surface area (Å²) in [6, 6.07) is 21.5. The van der Waals surface area contributed by atoms with Crippen molar-refractivity contribution in [1.29, 1.82) is 0 Å². The number of anilines is 1. The fourth-order valence-corrected chi connectivity index (χ4v) is 3.57. The van der Waals surface area contributed by atoms with Crippen LogP contribution in [-0.2, 0) is 6.42 Å². The molecular formula is C23H22N2O2. The van der Waals surface area contributed by atoms with Gasteiger partial charge in [0, 0.05) is 23.9 Å². The Morgan fingerprint density at radius 3 is 2.04 bits per heavy atom. The van der Waals surface area contributed by atoms with Gasteiger partial charge in [-0.05, 0) is 43.2 Å². The van der Waals surface area contributed by atoms with E-state index in [2.05, 4.69) is 36.1 Å². The summed E-state index contributed by atoms with van der Waals surface area (Å²) in [5, 5.41) is 21.6. The summed E-state index contributed by atoms with van der Waals surface area (Å²) < 4.78 is 0. The summed E-state index contributed by atoms with van der Waals surface area (Å²) >= 11 is 0. The molecule has 27 heavy (non-hydrogen) atoms. The van der Waals surface area contributed by atoms with Crippen LogP contribution in [0.5, 0.6) is 11.5 Å². The molecule has 0 amide bonds. The minimum atomic E-state index is -0.0859. The Morgan fingerprint density at radius 1 is 0.815 bits per heavy atom. The Kier molecular flexibility index (Phi) is 4.55. The van der Waals surface area contributed by atoms with E-state index in [1.165, 1.54) is 11.8 Å². The number of phenols is 2. The smallest absolute Gasteiger partial charge is 0.157 e. The van der Waals surface area contributed by atoms with E-state index in [9.17, 15) is 10.2 Å². The molecule has 4 nitrogen and oxygen atoms in total. The molecule has 0 fully saturated rings. The molecule has 0 bridgehead atoms. The van der Waals surface area contributed by atoms with Gasteiger partial charge in [-0.3, -0.25) is 0 Å². The number of para-hydroxylation sites is 2. The van der Waals surface area contributed by atoms with E-state index in [-0.39, 0.29) is 11.5 Å². The van der Waals surface area contributed by atoms with Gasteiger partial charge in [0.2, 0.25) is 0 Å². The van der Waals surface area contributed by atoms with E-state index >= 15 is 0 Å². The average molecular weight is 358 g/mol. The molecule has 0 saturated carbocycles. The highest BCUT2D eigenvalue weighted by atomic mass is 16.3. The molecule has 1 aromatic heterocycles. The predicted octanol–water partition coefficient (Wildman–Crippen LogP) is 4.87. The lowest BCUT2D eigenvalue weighted by Crippen LogP contribution is -2.26. The Bertz CT molecular complexity index is 1050. The van der Waals surface area contributed by atoms with Crippen LogP contribution < -0.4 is 4.90 Å². The minimum Gasteiger partial charge on any atom is -0.504 e. The molecular weight excluding hydrogens is 336 g/mol. The van der Waals surface area contributed by atoms with Crippen molar-refractivity contribution >= 4 is 27.5 Å². The topological polar surface area (TPSA) is 56.6 Å². The minimum absolute atomic E-state index is 0.0737. The molecule has 0 saturated heterocycles. The van der Waals surface area contributed by atoms with Gasteiger partial charge in [0.05, 0.1) is 16.7 Å². The summed E-state index contributed by atoms with van der Waals surface area (Å²) in [4.78, 5) is 7.16. The number of hydrogen-bond donors (Lipinski definition) is 2. The van der Waals surface area contributed by atoms with Gasteiger partial charge in [-0.2, -0.15) is 0 Å². The second kappa shape index (κ2) is 7.16. The van der Waals surface area contributed by atoms with Crippen molar-refractivity contribution in [2.24, 2.45) is 0 Å². The molecule has 3 aromatic carbocycles. The number of aromatic hydroxyl groups is 2. The third-order valence-electron chi connectivity index (χ3n) is 4.97. The first kappa shape index (κ1) is 17.2. The summed E-state index contributed by atoms with van der Waals surface area (Å²) in [5.74, 6) is -0.160. The summed E-state index contributed by atoms with van der Waals surface area (Å²) in [5.41, 5.74) is 4.17. The van der Waals surface area contributed by atoms with Crippen molar-refractivity contribution in [3.05, 3.63) is 72.3 Å². The molecule has 0 unspecified atom stereocenters. The second-order valence-electron chi connectivity index (χ2n) is 6.65. The summed E-state index contributed by atoms with van der Waals surface area (Å²) in [7, 11) is 0. The molecule has 4 aromatic rings. The number of rotatable bonds is 5. The fraction of sp³-hybridized carbons (Fsp3) is 0.174. The molecule has 0 aliphatic rings. The predicted molar refractivity (Wildman–Crippen MR) is 111 cm³/mol. The summed E-state index contributed by atoms with van der Waals surface area (Å²) in [6.07, 6.45) is 0.770. The van der Waals surface area contributed by atoms with Crippen molar-refractivity contribution in [3.63, 3.8) is 0 Å². The van der Waals surface area contributed by atoms with Crippen LogP contribution in [0.2, 0.25) is 0 Å². The zero-order valence-electron chi connectivity index (χ0n) is 15.3. The van der Waals surface area contributed by atoms with Gasteiger partial charge >= 0.3 is 0 Å². The maximum Gasteiger partial charge on any atom is 0.157 e. The number of fused-ring (bicyclic) bond motifs is 2. The highest BCUT2D eigenvalue weighted by Gasteiger charge is 2.14. The van der Waals surface area contributed by atoms with E-state index < -0.39 is 0 Å². The SMILES string of the molecule is CCN(CCc1ccc(O)c(O)c1)c1c2ccccc2nc2ccccc12. The summed E-state index contributed by atoms with van der Waals surface area (Å²) in [6.45, 7) is 3.82. The third kappa shape index (κ3) is 3.26. The molecule has 0 aliphatic heterocycles. The maximum atomic E-state index is 9.75. The number of hydrogen-bond acceptors (Lipinski definition) is 4. The lowest BCUT2D eigenvalue weighted by atomic mass is 10.1. The normalized spacial score (nSPS) is 11.1. The van der Waals surface area contributed by atoms with Crippen molar-refractivity contribution in [3.8, 4) is 11.5 Å². The van der Waals surface area contributed by atoms with Crippen molar-refractivity contribution in [1.82, 2.24) is 4.98 Å². The molecule has 0 aliphatic carbocycles. The largest absolute Gasteiger partial charge is 0.504 e. The Morgan fingerprint density at radius 2 is 1.44 bits per heavy atom. The Hall–Kier alpha value is -3.27. The number of nitrogens with zero attached hydrogens (tertiary/aromatic N) is 2. The third-order valence-corrected chi connectivity index (χ3v) is 4.97. The van der Waals surface area contributed by atoms with Gasteiger partial charge in [0.15, 0.2) is 11.5 Å². The van der Waals surface area contributed by atoms with Gasteiger partial charge in [-0.15, -0.1) is 0 Å². The number of phenolic OH excluding ortho intramolecular Hbond substituents is 2. The zero-order valence-corrected chi connectivity index (χ0v) is 15.3. The van der Waals surface area contributed by atoms with Crippen molar-refractivity contribution in [2.45, 2.75) is 13.3 Å². The Labute approximate surface area is 158 Å². The van der Waals surface area contributed by atoms with Crippen LogP contribution in [0.1, 0.15) is 12.5 Å². The van der Waals surface area contributed by atoms with E-state index in [1.807, 2.05) is 30.3 Å². The average Bonchev–Trinajstić information content (AvgIpc) is 2.70. The van der Waals surface area contributed by atoms with E-state index in [0.717, 1.165) is 46.9 Å². The molecule has 0 spiro atoms. The van der Waals surface area contributed by atoms with Crippen molar-refractivity contribution < 1.29 is 10.2 Å². The van der Waals surface area contributed by atoms with Crippen molar-refractivity contribution in [2.75, 3.05) is 18.0 Å². The lowest BCUT2D eigenvalue weighted by Gasteiger charge is -2.26. The molecule has 136 valence electrons. The molecule has 0 atom stereocenters. The lowest BCUT2D eigenvalue weighted by molar-refractivity contribution is 0.403. The number of aromatic nitrogens is 1. The van der Waals surface area contributed by atoms with Crippen LogP contribution in [-0.4, -0.2) is 28.3 Å². The van der Waals surface area contributed by atoms with Gasteiger partial charge in [0.25, 0.3) is 0 Å². The molecule has 2 N–H and O–H groups in total. The van der Waals surface area contributed by atoms with Gasteiger partial charge in [-0.1, -0.05) is 42.5 Å². The van der Waals surface area contributed by atoms with Crippen LogP contribution in [0.4, 0.5) is 5.69 Å². The number of likely N-dealkylation sites (N-methyl/N-ethyl adjacent to an activating group) is 1. The quantitative estimate of drug-likeness (QED) is 0.395. The standard InChI is InChI=1S/C23H22N2O2/c1-2-25(14-13-16-11-12-21(26)22(27)15-16)23-17-7-3-5-9-19(17)24-20-10-6-4-8-18(20)23/h3-12,15,26-27H,2,13-14H2,1H3. The molecule has 4 rings (SSSR count). The van der Waals surface area contributed by atoms with Crippen LogP contribution in [0.25, 0.3) is 21.8 Å². The van der Waals surface area contributed by atoms with E-state index in [0.29, 0.717) is 0 Å². The van der Waals surface area contributed by atoms with Crippen LogP contribution in [0.15, 0.2) is 66.7 Å². The first-order valence-corrected chi connectivity index (χ1v) is 9.20. The number of pyridine rings is 1. The van der Waals surface area contributed by atoms with E-state index in [1.54, 1.807) is 6.07 Å². The van der Waals surface area contributed by atoms with Gasteiger partial charge < -0.3 is 15.1 Å². The molecule has 4 heteroatoms. The van der Waals surface area contributed by atoms with Gasteiger partial charge in [0.1, 0.15) is 0 Å². The zero-order chi connectivity index (χ0) is 18.8. The Balaban J connectivity index is 1.76. The molecule has 0 radical (unpaired) electrons. The monoisotopic (exact) mass is 358 g/mol. The van der Waals surface area contributed by atoms with Crippen LogP contribution in [0.3, 0.4) is 0 Å². The number of benzene rings is 3. The first-order chi connectivity index (χ1) is 13.2. The fourth-order valence-electron chi connectivity index (χ4n) is 3.57. The molecule has 1 heterocycles. The second-order valence-corrected chi connectivity index (χ2v) is 6.65. The first-order valence-electron chi connectivity index (χ1n) is 9.20. The van der Waals surface area contributed by atoms with Crippen LogP contribution in [0, 0.1) is 0 Å². The van der Waals surface area contributed by atoms with E-state index in [4.69, 9.17) is 4.98 Å².